The summed E-state index contributed by atoms with van der Waals surface area (Å²) in [7, 11) is 1.54. The number of halogens is 2. The molecule has 2 atom stereocenters. The number of hydrogen-bond donors (Lipinski definition) is 2. The first-order chi connectivity index (χ1) is 13.5. The number of carbonyl (C=O) groups excluding carboxylic acids is 3. The third kappa shape index (κ3) is 6.51. The minimum absolute atomic E-state index is 0.186. The predicted molar refractivity (Wildman–Crippen MR) is 112 cm³/mol. The fourth-order valence-electron chi connectivity index (χ4n) is 3.22. The number of nitrogens with one attached hydrogen (secondary N) is 2. The summed E-state index contributed by atoms with van der Waals surface area (Å²) < 4.78 is 5.31. The Hall–Kier alpha value is -1.99. The molecule has 0 aromatic heterocycles. The van der Waals surface area contributed by atoms with E-state index in [9.17, 15) is 14.4 Å². The highest BCUT2D eigenvalue weighted by molar-refractivity contribution is 6.42. The van der Waals surface area contributed by atoms with Crippen LogP contribution in [0.2, 0.25) is 10.0 Å². The third-order valence-corrected chi connectivity index (χ3v) is 5.24. The molecule has 29 heavy (non-hydrogen) atoms. The summed E-state index contributed by atoms with van der Waals surface area (Å²) in [4.78, 5) is 39.3. The van der Waals surface area contributed by atoms with Gasteiger partial charge in [-0.1, -0.05) is 29.3 Å². The number of amides is 3. The number of alkyl carbamates (subject to hydrolysis) is 1. The van der Waals surface area contributed by atoms with Gasteiger partial charge in [-0.2, -0.15) is 0 Å². The Morgan fingerprint density at radius 3 is 2.52 bits per heavy atom. The first-order valence-electron chi connectivity index (χ1n) is 9.47. The van der Waals surface area contributed by atoms with Crippen LogP contribution in [0, 0.1) is 0 Å². The highest BCUT2D eigenvalue weighted by Gasteiger charge is 2.37. The first kappa shape index (κ1) is 23.3. The second kappa shape index (κ2) is 9.67. The van der Waals surface area contributed by atoms with Gasteiger partial charge in [0.2, 0.25) is 11.8 Å². The highest BCUT2D eigenvalue weighted by Crippen LogP contribution is 2.24. The number of benzene rings is 1. The van der Waals surface area contributed by atoms with Crippen LogP contribution in [0.25, 0.3) is 0 Å². The van der Waals surface area contributed by atoms with Gasteiger partial charge in [0.1, 0.15) is 17.7 Å². The maximum atomic E-state index is 13.3. The molecule has 0 bridgehead atoms. The molecule has 1 aromatic rings. The van der Waals surface area contributed by atoms with Gasteiger partial charge in [-0.05, 0) is 51.3 Å². The van der Waals surface area contributed by atoms with Crippen LogP contribution < -0.4 is 10.6 Å². The normalized spacial score (nSPS) is 17.6. The van der Waals surface area contributed by atoms with Crippen molar-refractivity contribution in [3.05, 3.63) is 33.8 Å². The van der Waals surface area contributed by atoms with Crippen LogP contribution in [0.3, 0.4) is 0 Å². The Bertz CT molecular complexity index is 779. The van der Waals surface area contributed by atoms with Crippen LogP contribution >= 0.6 is 23.2 Å². The topological polar surface area (TPSA) is 87.7 Å². The van der Waals surface area contributed by atoms with Crippen molar-refractivity contribution in [2.45, 2.75) is 57.7 Å². The lowest BCUT2D eigenvalue weighted by atomic mass is 10.0. The summed E-state index contributed by atoms with van der Waals surface area (Å²) in [6, 6.07) is 3.57. The van der Waals surface area contributed by atoms with Crippen molar-refractivity contribution >= 4 is 41.1 Å². The largest absolute Gasteiger partial charge is 0.444 e. The van der Waals surface area contributed by atoms with Gasteiger partial charge in [0.05, 0.1) is 10.0 Å². The zero-order valence-corrected chi connectivity index (χ0v) is 18.6. The van der Waals surface area contributed by atoms with Crippen LogP contribution in [0.4, 0.5) is 4.79 Å². The molecule has 160 valence electrons. The number of nitrogens with zero attached hydrogens (tertiary/aromatic N) is 1. The molecule has 0 aliphatic carbocycles. The fraction of sp³-hybridized carbons (Fsp3) is 0.550. The maximum absolute atomic E-state index is 13.3. The number of likely N-dealkylation sites (tertiary alicyclic amines) is 1. The highest BCUT2D eigenvalue weighted by atomic mass is 35.5. The summed E-state index contributed by atoms with van der Waals surface area (Å²) in [6.45, 7) is 5.67. The Morgan fingerprint density at radius 1 is 1.24 bits per heavy atom. The second-order valence-corrected chi connectivity index (χ2v) is 8.77. The van der Waals surface area contributed by atoms with Gasteiger partial charge in [-0.25, -0.2) is 4.79 Å². The van der Waals surface area contributed by atoms with Crippen molar-refractivity contribution in [3.63, 3.8) is 0 Å². The molecule has 1 saturated heterocycles. The molecule has 1 heterocycles. The van der Waals surface area contributed by atoms with Gasteiger partial charge < -0.3 is 20.3 Å². The van der Waals surface area contributed by atoms with Gasteiger partial charge in [0, 0.05) is 20.0 Å². The summed E-state index contributed by atoms with van der Waals surface area (Å²) in [5.41, 5.74) is 0.0176. The lowest BCUT2D eigenvalue weighted by Crippen LogP contribution is -2.54. The van der Waals surface area contributed by atoms with Crippen molar-refractivity contribution in [1.29, 1.82) is 0 Å². The molecule has 0 saturated carbocycles. The number of likely N-dealkylation sites (N-methyl/N-ethyl adjacent to an activating group) is 1. The lowest BCUT2D eigenvalue weighted by Gasteiger charge is -2.29. The van der Waals surface area contributed by atoms with Gasteiger partial charge >= 0.3 is 6.09 Å². The van der Waals surface area contributed by atoms with E-state index in [-0.39, 0.29) is 18.2 Å². The van der Waals surface area contributed by atoms with Crippen molar-refractivity contribution in [2.24, 2.45) is 0 Å². The van der Waals surface area contributed by atoms with E-state index in [1.807, 2.05) is 0 Å². The molecular weight excluding hydrogens is 417 g/mol. The SMILES string of the molecule is CNC(=O)C1CCCN1C(=O)[C@@H](Cc1ccc(Cl)c(Cl)c1)NC(=O)OC(C)(C)C. The summed E-state index contributed by atoms with van der Waals surface area (Å²) in [5.74, 6) is -0.561. The van der Waals surface area contributed by atoms with Gasteiger partial charge in [-0.3, -0.25) is 9.59 Å². The molecule has 2 rings (SSSR count). The zero-order valence-electron chi connectivity index (χ0n) is 17.1. The van der Waals surface area contributed by atoms with Crippen molar-refractivity contribution in [3.8, 4) is 0 Å². The van der Waals surface area contributed by atoms with E-state index in [4.69, 9.17) is 27.9 Å². The Morgan fingerprint density at radius 2 is 1.93 bits per heavy atom. The second-order valence-electron chi connectivity index (χ2n) is 7.96. The van der Waals surface area contributed by atoms with E-state index in [1.54, 1.807) is 39.0 Å². The molecule has 9 heteroatoms. The average Bonchev–Trinajstić information content (AvgIpc) is 3.11. The monoisotopic (exact) mass is 443 g/mol. The fourth-order valence-corrected chi connectivity index (χ4v) is 3.54. The van der Waals surface area contributed by atoms with Crippen molar-refractivity contribution in [1.82, 2.24) is 15.5 Å². The lowest BCUT2D eigenvalue weighted by molar-refractivity contribution is -0.139. The minimum Gasteiger partial charge on any atom is -0.444 e. The quantitative estimate of drug-likeness (QED) is 0.731. The molecule has 0 spiro atoms. The summed E-state index contributed by atoms with van der Waals surface area (Å²) in [5, 5.41) is 6.00. The van der Waals surface area contributed by atoms with E-state index < -0.39 is 23.8 Å². The molecule has 1 unspecified atom stereocenters. The van der Waals surface area contributed by atoms with E-state index >= 15 is 0 Å². The van der Waals surface area contributed by atoms with E-state index in [0.29, 0.717) is 23.0 Å². The van der Waals surface area contributed by atoms with E-state index in [2.05, 4.69) is 10.6 Å². The molecular formula is C20H27Cl2N3O4. The van der Waals surface area contributed by atoms with Crippen LogP contribution in [0.1, 0.15) is 39.2 Å². The zero-order chi connectivity index (χ0) is 21.8. The average molecular weight is 444 g/mol. The molecule has 0 radical (unpaired) electrons. The standard InChI is InChI=1S/C20H27Cl2N3O4/c1-20(2,3)29-19(28)24-15(11-12-7-8-13(21)14(22)10-12)18(27)25-9-5-6-16(25)17(26)23-4/h7-8,10,15-16H,5-6,9,11H2,1-4H3,(H,23,26)(H,24,28)/t15-,16?/m1/s1. The van der Waals surface area contributed by atoms with Crippen LogP contribution in [-0.2, 0) is 20.7 Å². The number of carbonyl (C=O) groups is 3. The smallest absolute Gasteiger partial charge is 0.408 e. The van der Waals surface area contributed by atoms with Crippen LogP contribution in [0.15, 0.2) is 18.2 Å². The van der Waals surface area contributed by atoms with Crippen LogP contribution in [-0.4, -0.2) is 54.1 Å². The van der Waals surface area contributed by atoms with Crippen molar-refractivity contribution < 1.29 is 19.1 Å². The Kier molecular flexibility index (Phi) is 7.77. The van der Waals surface area contributed by atoms with E-state index in [0.717, 1.165) is 12.0 Å². The van der Waals surface area contributed by atoms with Gasteiger partial charge in [0.25, 0.3) is 0 Å². The Labute approximate surface area is 181 Å². The number of ether oxygens (including phenoxy) is 1. The first-order valence-corrected chi connectivity index (χ1v) is 10.2. The predicted octanol–water partition coefficient (Wildman–Crippen LogP) is 3.17. The molecule has 3 amide bonds. The maximum Gasteiger partial charge on any atom is 0.408 e. The number of hydrogen-bond acceptors (Lipinski definition) is 4. The molecule has 1 aliphatic heterocycles. The van der Waals surface area contributed by atoms with E-state index in [1.165, 1.54) is 11.9 Å². The molecule has 1 aliphatic rings. The van der Waals surface area contributed by atoms with Crippen molar-refractivity contribution in [2.75, 3.05) is 13.6 Å². The third-order valence-electron chi connectivity index (χ3n) is 4.50. The van der Waals surface area contributed by atoms with Crippen LogP contribution in [0.5, 0.6) is 0 Å². The molecule has 1 aromatic carbocycles. The molecule has 1 fully saturated rings. The molecule has 2 N–H and O–H groups in total. The summed E-state index contributed by atoms with van der Waals surface area (Å²) >= 11 is 12.1. The summed E-state index contributed by atoms with van der Waals surface area (Å²) in [6.07, 6.45) is 0.783. The van der Waals surface area contributed by atoms with Gasteiger partial charge in [-0.15, -0.1) is 0 Å². The molecule has 7 nitrogen and oxygen atoms in total. The van der Waals surface area contributed by atoms with Gasteiger partial charge in [0.15, 0.2) is 0 Å². The Balaban J connectivity index is 2.25. The minimum atomic E-state index is -0.910. The number of rotatable bonds is 5.